The van der Waals surface area contributed by atoms with Crippen LogP contribution in [0.5, 0.6) is 0 Å². The third kappa shape index (κ3) is 5.11. The van der Waals surface area contributed by atoms with E-state index in [0.717, 1.165) is 60.1 Å². The van der Waals surface area contributed by atoms with Crippen LogP contribution in [0.1, 0.15) is 0 Å². The molecule has 0 radical (unpaired) electrons. The van der Waals surface area contributed by atoms with Crippen LogP contribution in [0.25, 0.3) is 75.5 Å². The predicted molar refractivity (Wildman–Crippen MR) is 220 cm³/mol. The van der Waals surface area contributed by atoms with Gasteiger partial charge in [-0.3, -0.25) is 4.98 Å². The van der Waals surface area contributed by atoms with E-state index < -0.39 is 7.14 Å². The lowest BCUT2D eigenvalue weighted by atomic mass is 9.98. The van der Waals surface area contributed by atoms with Crippen molar-refractivity contribution in [3.63, 3.8) is 0 Å². The van der Waals surface area contributed by atoms with Gasteiger partial charge >= 0.3 is 0 Å². The summed E-state index contributed by atoms with van der Waals surface area (Å²) in [5, 5.41) is 6.95. The zero-order valence-electron chi connectivity index (χ0n) is 27.9. The van der Waals surface area contributed by atoms with Gasteiger partial charge in [-0.2, -0.15) is 0 Å². The van der Waals surface area contributed by atoms with Gasteiger partial charge in [0, 0.05) is 64.8 Å². The van der Waals surface area contributed by atoms with Gasteiger partial charge in [-0.25, -0.2) is 0 Å². The Morgan fingerprint density at radius 2 is 0.865 bits per heavy atom. The molecule has 0 N–H and O–H groups in total. The smallest absolute Gasteiger partial charge is 0.172 e. The van der Waals surface area contributed by atoms with Crippen LogP contribution in [-0.2, 0) is 4.57 Å². The fourth-order valence-corrected chi connectivity index (χ4v) is 11.1. The maximum Gasteiger partial charge on any atom is 0.172 e. The number of rotatable bonds is 6. The summed E-state index contributed by atoms with van der Waals surface area (Å²) >= 11 is 1.80. The third-order valence-electron chi connectivity index (χ3n) is 10.0. The zero-order valence-corrected chi connectivity index (χ0v) is 29.7. The third-order valence-corrected chi connectivity index (χ3v) is 14.2. The van der Waals surface area contributed by atoms with Crippen molar-refractivity contribution < 1.29 is 8.98 Å². The van der Waals surface area contributed by atoms with Crippen molar-refractivity contribution in [2.24, 2.45) is 0 Å². The average Bonchev–Trinajstić information content (AvgIpc) is 3.78. The van der Waals surface area contributed by atoms with E-state index in [1.54, 1.807) is 17.5 Å². The molecule has 0 saturated heterocycles. The summed E-state index contributed by atoms with van der Waals surface area (Å²) in [6.07, 6.45) is 3.64. The molecule has 3 heterocycles. The predicted octanol–water partition coefficient (Wildman–Crippen LogP) is 12.0. The topological polar surface area (TPSA) is 43.1 Å². The summed E-state index contributed by atoms with van der Waals surface area (Å²) < 4.78 is 23.8. The van der Waals surface area contributed by atoms with E-state index in [4.69, 9.17) is 4.42 Å². The molecule has 52 heavy (non-hydrogen) atoms. The second-order valence-electron chi connectivity index (χ2n) is 13.1. The van der Waals surface area contributed by atoms with Crippen molar-refractivity contribution in [3.8, 4) is 33.4 Å². The van der Waals surface area contributed by atoms with Crippen molar-refractivity contribution in [2.75, 3.05) is 0 Å². The molecule has 0 spiro atoms. The van der Waals surface area contributed by atoms with Crippen molar-refractivity contribution in [1.82, 2.24) is 4.98 Å². The normalized spacial score (nSPS) is 11.9. The highest BCUT2D eigenvalue weighted by atomic mass is 32.1. The van der Waals surface area contributed by atoms with Crippen LogP contribution in [0.4, 0.5) is 0 Å². The molecule has 0 unspecified atom stereocenters. The molecule has 0 atom stereocenters. The first-order valence-corrected chi connectivity index (χ1v) is 19.8. The second kappa shape index (κ2) is 12.3. The molecule has 7 aromatic carbocycles. The number of fused-ring (bicyclic) bond motifs is 6. The maximum atomic E-state index is 15.1. The minimum atomic E-state index is -3.15. The van der Waals surface area contributed by atoms with Crippen molar-refractivity contribution in [3.05, 3.63) is 182 Å². The molecule has 0 fully saturated rings. The van der Waals surface area contributed by atoms with Gasteiger partial charge < -0.3 is 8.98 Å². The highest BCUT2D eigenvalue weighted by molar-refractivity contribution is 7.85. The first-order chi connectivity index (χ1) is 25.6. The lowest BCUT2D eigenvalue weighted by molar-refractivity contribution is 0.592. The molecule has 246 valence electrons. The molecule has 0 aliphatic rings. The largest absolute Gasteiger partial charge is 0.456 e. The number of pyridine rings is 1. The standard InChI is InChI=1S/C47H30NO2PS/c49-51(37-12-6-2-7-13-37,38-14-8-3-9-15-38)39-24-36(29-48-30-39)35-19-23-47-43(28-35)42-27-34(18-22-46(42)52-47)33-17-21-45-41(26-33)40-25-32(16-20-44(40)50-45)31-10-4-1-5-11-31/h1-30H. The summed E-state index contributed by atoms with van der Waals surface area (Å²) in [6.45, 7) is 0. The van der Waals surface area contributed by atoms with Crippen molar-refractivity contribution in [1.29, 1.82) is 0 Å². The first-order valence-electron chi connectivity index (χ1n) is 17.3. The Morgan fingerprint density at radius 3 is 1.42 bits per heavy atom. The van der Waals surface area contributed by atoms with Crippen molar-refractivity contribution >= 4 is 76.5 Å². The second-order valence-corrected chi connectivity index (χ2v) is 17.0. The van der Waals surface area contributed by atoms with Crippen LogP contribution in [0.2, 0.25) is 0 Å². The van der Waals surface area contributed by atoms with Gasteiger partial charge in [0.05, 0.1) is 0 Å². The summed E-state index contributed by atoms with van der Waals surface area (Å²) in [5.41, 5.74) is 8.42. The Morgan fingerprint density at radius 1 is 0.404 bits per heavy atom. The molecule has 0 bridgehead atoms. The van der Waals surface area contributed by atoms with E-state index in [-0.39, 0.29) is 0 Å². The Bertz CT molecular complexity index is 2940. The Balaban J connectivity index is 1.06. The molecule has 10 rings (SSSR count). The first kappa shape index (κ1) is 30.7. The highest BCUT2D eigenvalue weighted by Crippen LogP contribution is 2.44. The van der Waals surface area contributed by atoms with Crippen LogP contribution in [0.15, 0.2) is 187 Å². The summed E-state index contributed by atoms with van der Waals surface area (Å²) in [5.74, 6) is 0. The van der Waals surface area contributed by atoms with Crippen LogP contribution in [-0.4, -0.2) is 4.98 Å². The quantitative estimate of drug-likeness (QED) is 0.162. The number of benzene rings is 7. The highest BCUT2D eigenvalue weighted by Gasteiger charge is 2.30. The van der Waals surface area contributed by atoms with Crippen molar-refractivity contribution in [2.45, 2.75) is 0 Å². The van der Waals surface area contributed by atoms with Gasteiger partial charge in [0.15, 0.2) is 7.14 Å². The number of thiophene rings is 1. The van der Waals surface area contributed by atoms with E-state index in [0.29, 0.717) is 0 Å². The number of furan rings is 1. The zero-order chi connectivity index (χ0) is 34.6. The Hall–Kier alpha value is -6.06. The van der Waals surface area contributed by atoms with Gasteiger partial charge in [-0.1, -0.05) is 115 Å². The molecule has 3 nitrogen and oxygen atoms in total. The number of hydrogen-bond donors (Lipinski definition) is 0. The SMILES string of the molecule is O=P(c1ccccc1)(c1ccccc1)c1cncc(-c2ccc3sc4ccc(-c5ccc6oc7ccc(-c8ccccc8)cc7c6c5)cc4c3c2)c1. The molecule has 0 aliphatic heterocycles. The van der Waals surface area contributed by atoms with Crippen LogP contribution in [0.3, 0.4) is 0 Å². The Kier molecular flexibility index (Phi) is 7.28. The minimum Gasteiger partial charge on any atom is -0.456 e. The number of aromatic nitrogens is 1. The van der Waals surface area contributed by atoms with E-state index in [1.165, 1.54) is 31.3 Å². The summed E-state index contributed by atoms with van der Waals surface area (Å²) in [7, 11) is -3.15. The number of hydrogen-bond acceptors (Lipinski definition) is 4. The van der Waals surface area contributed by atoms with Gasteiger partial charge in [0.1, 0.15) is 11.2 Å². The van der Waals surface area contributed by atoms with E-state index >= 15 is 4.57 Å². The fraction of sp³-hybridized carbons (Fsp3) is 0. The van der Waals surface area contributed by atoms with Gasteiger partial charge in [-0.15, -0.1) is 11.3 Å². The lowest BCUT2D eigenvalue weighted by Gasteiger charge is -2.20. The van der Waals surface area contributed by atoms with Crippen LogP contribution >= 0.6 is 18.5 Å². The molecule has 0 aliphatic carbocycles. The molecular formula is C47H30NO2PS. The average molecular weight is 704 g/mol. The summed E-state index contributed by atoms with van der Waals surface area (Å²) in [4.78, 5) is 4.65. The van der Waals surface area contributed by atoms with Gasteiger partial charge in [0.2, 0.25) is 0 Å². The molecule has 5 heteroatoms. The van der Waals surface area contributed by atoms with Gasteiger partial charge in [0.25, 0.3) is 0 Å². The maximum absolute atomic E-state index is 15.1. The molecule has 10 aromatic rings. The van der Waals surface area contributed by atoms with E-state index in [9.17, 15) is 0 Å². The van der Waals surface area contributed by atoms with E-state index in [1.807, 2.05) is 72.9 Å². The van der Waals surface area contributed by atoms with E-state index in [2.05, 4.69) is 108 Å². The van der Waals surface area contributed by atoms with Crippen LogP contribution < -0.4 is 15.9 Å². The fourth-order valence-electron chi connectivity index (χ4n) is 7.38. The minimum absolute atomic E-state index is 0.720. The molecular weight excluding hydrogens is 674 g/mol. The lowest BCUT2D eigenvalue weighted by Crippen LogP contribution is -2.25. The molecule has 0 saturated carbocycles. The summed E-state index contributed by atoms with van der Waals surface area (Å²) in [6, 6.07) is 58.4. The molecule has 0 amide bonds. The monoisotopic (exact) mass is 703 g/mol. The van der Waals surface area contributed by atoms with Gasteiger partial charge in [-0.05, 0) is 82.4 Å². The molecule has 3 aromatic heterocycles. The number of nitrogens with zero attached hydrogens (tertiary/aromatic N) is 1. The van der Waals surface area contributed by atoms with Crippen LogP contribution in [0, 0.1) is 0 Å². The Labute approximate surface area is 304 Å².